The van der Waals surface area contributed by atoms with Gasteiger partial charge in [-0.1, -0.05) is 26.7 Å². The van der Waals surface area contributed by atoms with Crippen LogP contribution in [-0.2, 0) is 9.59 Å². The van der Waals surface area contributed by atoms with E-state index < -0.39 is 11.9 Å². The average molecular weight is 499 g/mol. The van der Waals surface area contributed by atoms with Gasteiger partial charge in [-0.15, -0.1) is 0 Å². The monoisotopic (exact) mass is 500 g/mol. The van der Waals surface area contributed by atoms with Crippen molar-refractivity contribution in [2.75, 3.05) is 23.0 Å². The van der Waals surface area contributed by atoms with E-state index in [1.807, 2.05) is 0 Å². The van der Waals surface area contributed by atoms with Crippen LogP contribution in [0.2, 0.25) is 8.87 Å². The van der Waals surface area contributed by atoms with Crippen LogP contribution in [0.1, 0.15) is 66.2 Å². The molecule has 0 unspecified atom stereocenters. The molecular weight excluding hydrogens is 463 g/mol. The summed E-state index contributed by atoms with van der Waals surface area (Å²) in [7, 11) is 0. The average Bonchev–Trinajstić information content (AvgIpc) is 2.57. The minimum atomic E-state index is -0.962. The normalized spacial score (nSPS) is 9.12. The van der Waals surface area contributed by atoms with E-state index in [0.29, 0.717) is 0 Å². The Balaban J connectivity index is -0.000000293. The van der Waals surface area contributed by atoms with Crippen LogP contribution in [0.15, 0.2) is 0 Å². The van der Waals surface area contributed by atoms with Gasteiger partial charge in [-0.3, -0.25) is 0 Å². The number of aliphatic carboxylic acids is 2. The first kappa shape index (κ1) is 30.2. The molecule has 0 spiro atoms. The Hall–Kier alpha value is 0.439. The summed E-state index contributed by atoms with van der Waals surface area (Å²) in [6.45, 7) is 8.74. The molecule has 0 saturated heterocycles. The summed E-state index contributed by atoms with van der Waals surface area (Å²) in [5.41, 5.74) is 0. The van der Waals surface area contributed by atoms with Crippen molar-refractivity contribution >= 4 is 56.6 Å². The summed E-state index contributed by atoms with van der Waals surface area (Å²) < 4.78 is 3.19. The first-order chi connectivity index (χ1) is 12.0. The van der Waals surface area contributed by atoms with Gasteiger partial charge in [-0.05, 0) is 24.3 Å². The van der Waals surface area contributed by atoms with E-state index in [2.05, 4.69) is 27.7 Å². The van der Waals surface area contributed by atoms with Crippen molar-refractivity contribution in [3.8, 4) is 0 Å². The quantitative estimate of drug-likeness (QED) is 0.270. The summed E-state index contributed by atoms with van der Waals surface area (Å²) in [5.74, 6) is 0.224. The SMILES string of the molecule is CCCCSCC(=O)[O-].CCCCSCC(=O)[O-].CC[CH2][Sn+2][CH2]CC. The molecule has 148 valence electrons. The van der Waals surface area contributed by atoms with Crippen molar-refractivity contribution in [3.05, 3.63) is 0 Å². The van der Waals surface area contributed by atoms with Crippen molar-refractivity contribution in [2.24, 2.45) is 0 Å². The maximum atomic E-state index is 9.83. The zero-order chi connectivity index (χ0) is 19.8. The molecule has 0 saturated carbocycles. The molecule has 0 N–H and O–H groups in total. The van der Waals surface area contributed by atoms with E-state index in [4.69, 9.17) is 0 Å². The van der Waals surface area contributed by atoms with Crippen LogP contribution >= 0.6 is 23.5 Å². The second kappa shape index (κ2) is 29.2. The van der Waals surface area contributed by atoms with Gasteiger partial charge in [-0.2, -0.15) is 23.5 Å². The van der Waals surface area contributed by atoms with Gasteiger partial charge in [0.2, 0.25) is 0 Å². The van der Waals surface area contributed by atoms with Crippen LogP contribution in [0.25, 0.3) is 0 Å². The zero-order valence-electron chi connectivity index (χ0n) is 16.4. The number of carbonyl (C=O) groups excluding carboxylic acids is 2. The van der Waals surface area contributed by atoms with Crippen molar-refractivity contribution in [1.82, 2.24) is 0 Å². The van der Waals surface area contributed by atoms with Crippen LogP contribution in [0.4, 0.5) is 0 Å². The Morgan fingerprint density at radius 3 is 1.32 bits per heavy atom. The van der Waals surface area contributed by atoms with Crippen LogP contribution in [0.5, 0.6) is 0 Å². The number of carbonyl (C=O) groups is 2. The van der Waals surface area contributed by atoms with Crippen LogP contribution < -0.4 is 10.2 Å². The number of carboxylic acid groups (broad SMARTS) is 2. The molecule has 7 heteroatoms. The van der Waals surface area contributed by atoms with Crippen LogP contribution in [0.3, 0.4) is 0 Å². The Morgan fingerprint density at radius 2 is 1.08 bits per heavy atom. The van der Waals surface area contributed by atoms with E-state index in [1.165, 1.54) is 36.4 Å². The maximum absolute atomic E-state index is 9.83. The molecule has 0 aliphatic heterocycles. The molecule has 25 heavy (non-hydrogen) atoms. The molecule has 0 fully saturated rings. The standard InChI is InChI=1S/2C6H12O2S.2C3H7.Sn/c2*1-2-3-4-9-5-6(7)8;2*1-3-2;/h2*2-5H2,1H3,(H,7,8);2*1,3H2,2H3;/q;;;;+2/p-2. The Bertz CT molecular complexity index is 254. The van der Waals surface area contributed by atoms with E-state index in [9.17, 15) is 19.8 Å². The van der Waals surface area contributed by atoms with Gasteiger partial charge in [0.25, 0.3) is 0 Å². The van der Waals surface area contributed by atoms with Gasteiger partial charge in [0.05, 0.1) is 11.9 Å². The molecule has 0 amide bonds. The Kier molecular flexibility index (Phi) is 35.3. The third kappa shape index (κ3) is 45.5. The summed E-state index contributed by atoms with van der Waals surface area (Å²) in [5, 5.41) is 19.7. The number of carboxylic acids is 2. The van der Waals surface area contributed by atoms with Crippen molar-refractivity contribution in [2.45, 2.75) is 75.1 Å². The van der Waals surface area contributed by atoms with Crippen molar-refractivity contribution < 1.29 is 19.8 Å². The topological polar surface area (TPSA) is 80.3 Å². The fourth-order valence-corrected chi connectivity index (χ4v) is 5.62. The first-order valence-corrected chi connectivity index (χ1v) is 15.6. The molecule has 0 bridgehead atoms. The summed E-state index contributed by atoms with van der Waals surface area (Å²) in [6, 6.07) is 0. The van der Waals surface area contributed by atoms with Crippen molar-refractivity contribution in [1.29, 1.82) is 0 Å². The van der Waals surface area contributed by atoms with E-state index in [-0.39, 0.29) is 32.6 Å². The summed E-state index contributed by atoms with van der Waals surface area (Å²) >= 11 is 3.03. The molecule has 0 aromatic carbocycles. The fraction of sp³-hybridized carbons (Fsp3) is 0.889. The first-order valence-electron chi connectivity index (χ1n) is 9.21. The molecule has 0 radical (unpaired) electrons. The molecule has 0 atom stereocenters. The molecule has 4 nitrogen and oxygen atoms in total. The Labute approximate surface area is 173 Å². The van der Waals surface area contributed by atoms with Gasteiger partial charge in [-0.25, -0.2) is 0 Å². The van der Waals surface area contributed by atoms with E-state index in [1.54, 1.807) is 8.87 Å². The number of thioether (sulfide) groups is 2. The molecule has 0 aromatic rings. The number of hydrogen-bond donors (Lipinski definition) is 0. The molecule has 0 aliphatic rings. The van der Waals surface area contributed by atoms with Crippen LogP contribution in [-0.4, -0.2) is 56.1 Å². The second-order valence-corrected chi connectivity index (χ2v) is 11.8. The summed E-state index contributed by atoms with van der Waals surface area (Å²) in [6.07, 6.45) is 7.31. The second-order valence-electron chi connectivity index (χ2n) is 5.31. The Morgan fingerprint density at radius 1 is 0.720 bits per heavy atom. The third-order valence-electron chi connectivity index (χ3n) is 2.58. The van der Waals surface area contributed by atoms with E-state index in [0.717, 1.165) is 37.2 Å². The molecule has 0 rings (SSSR count). The number of rotatable bonds is 14. The predicted molar refractivity (Wildman–Crippen MR) is 110 cm³/mol. The van der Waals surface area contributed by atoms with E-state index >= 15 is 0 Å². The van der Waals surface area contributed by atoms with Crippen molar-refractivity contribution in [3.63, 3.8) is 0 Å². The predicted octanol–water partition coefficient (Wildman–Crippen LogP) is 2.89. The fourth-order valence-electron chi connectivity index (χ4n) is 1.28. The van der Waals surface area contributed by atoms with Gasteiger partial charge >= 0.3 is 56.7 Å². The zero-order valence-corrected chi connectivity index (χ0v) is 20.9. The molecule has 0 heterocycles. The van der Waals surface area contributed by atoms with Gasteiger partial charge < -0.3 is 19.8 Å². The number of hydrogen-bond acceptors (Lipinski definition) is 6. The molecule has 0 aliphatic carbocycles. The van der Waals surface area contributed by atoms with Gasteiger partial charge in [0.15, 0.2) is 0 Å². The molecular formula is C18H36O4S2Sn. The summed E-state index contributed by atoms with van der Waals surface area (Å²) in [4.78, 5) is 19.7. The van der Waals surface area contributed by atoms with Gasteiger partial charge in [0.1, 0.15) is 0 Å². The molecule has 0 aromatic heterocycles. The number of unbranched alkanes of at least 4 members (excludes halogenated alkanes) is 2. The van der Waals surface area contributed by atoms with Gasteiger partial charge in [0, 0.05) is 11.5 Å². The third-order valence-corrected chi connectivity index (χ3v) is 9.48. The van der Waals surface area contributed by atoms with Crippen LogP contribution in [0, 0.1) is 0 Å². The minimum absolute atomic E-state index is 0.139.